The molecule has 0 N–H and O–H groups in total. The molecule has 1 unspecified atom stereocenters. The third kappa shape index (κ3) is 2.90. The lowest BCUT2D eigenvalue weighted by molar-refractivity contribution is -0.141. The van der Waals surface area contributed by atoms with Gasteiger partial charge in [0.15, 0.2) is 0 Å². The van der Waals surface area contributed by atoms with Gasteiger partial charge in [0.05, 0.1) is 26.9 Å². The first kappa shape index (κ1) is 14.3. The quantitative estimate of drug-likeness (QED) is 0.629. The predicted octanol–water partition coefficient (Wildman–Crippen LogP) is 2.54. The Kier molecular flexibility index (Phi) is 3.93. The number of esters is 1. The van der Waals surface area contributed by atoms with E-state index in [1.807, 2.05) is 0 Å². The second kappa shape index (κ2) is 5.49. The van der Waals surface area contributed by atoms with E-state index in [2.05, 4.69) is 14.5 Å². The second-order valence-electron chi connectivity index (χ2n) is 4.15. The van der Waals surface area contributed by atoms with E-state index in [1.54, 1.807) is 6.92 Å². The zero-order chi connectivity index (χ0) is 14.8. The first-order chi connectivity index (χ1) is 9.46. The third-order valence-corrected chi connectivity index (χ3v) is 4.30. The average molecular weight is 295 g/mol. The Morgan fingerprint density at radius 3 is 2.85 bits per heavy atom. The summed E-state index contributed by atoms with van der Waals surface area (Å²) in [4.78, 5) is 26.5. The highest BCUT2D eigenvalue weighted by Crippen LogP contribution is 2.33. The molecule has 1 heterocycles. The molecule has 2 rings (SSSR count). The highest BCUT2D eigenvalue weighted by molar-refractivity contribution is 7.93. The highest BCUT2D eigenvalue weighted by Gasteiger charge is 2.21. The van der Waals surface area contributed by atoms with Crippen molar-refractivity contribution in [3.63, 3.8) is 0 Å². The molecule has 0 amide bonds. The monoisotopic (exact) mass is 295 g/mol. The molecule has 7 nitrogen and oxygen atoms in total. The van der Waals surface area contributed by atoms with Crippen molar-refractivity contribution in [3.05, 3.63) is 23.1 Å². The summed E-state index contributed by atoms with van der Waals surface area (Å²) < 4.78 is 21.3. The molecule has 0 radical (unpaired) electrons. The van der Waals surface area contributed by atoms with Gasteiger partial charge in [0.1, 0.15) is 17.9 Å². The molecule has 1 aliphatic heterocycles. The normalized spacial score (nSPS) is 20.4. The molecule has 0 saturated carbocycles. The molecule has 0 fully saturated rings. The van der Waals surface area contributed by atoms with Crippen LogP contribution >= 0.6 is 0 Å². The number of fused-ring (bicyclic) bond motifs is 1. The van der Waals surface area contributed by atoms with Crippen molar-refractivity contribution in [1.82, 2.24) is 0 Å². The van der Waals surface area contributed by atoms with E-state index in [4.69, 9.17) is 4.74 Å². The number of hydrogen-bond acceptors (Lipinski definition) is 7. The lowest BCUT2D eigenvalue weighted by Crippen LogP contribution is -2.14. The number of hydrogen-bond donors (Lipinski definition) is 0. The average Bonchev–Trinajstić information content (AvgIpc) is 2.38. The predicted molar refractivity (Wildman–Crippen MR) is 75.0 cm³/mol. The molecule has 1 aliphatic rings. The van der Waals surface area contributed by atoms with Gasteiger partial charge in [-0.2, -0.15) is 4.36 Å². The zero-order valence-corrected chi connectivity index (χ0v) is 11.8. The molecule has 106 valence electrons. The van der Waals surface area contributed by atoms with Crippen molar-refractivity contribution in [3.8, 4) is 0 Å². The smallest absolute Gasteiger partial charge is 0.313 e. The van der Waals surface area contributed by atoms with Crippen LogP contribution in [0, 0.1) is 4.91 Å². The van der Waals surface area contributed by atoms with E-state index in [-0.39, 0.29) is 24.6 Å². The molecular weight excluding hydrogens is 282 g/mol. The summed E-state index contributed by atoms with van der Waals surface area (Å²) in [7, 11) is -2.75. The molecule has 1 aromatic rings. The largest absolute Gasteiger partial charge is 0.466 e. The van der Waals surface area contributed by atoms with Crippen molar-refractivity contribution in [2.45, 2.75) is 18.2 Å². The summed E-state index contributed by atoms with van der Waals surface area (Å²) in [5.41, 5.74) is 0.594. The summed E-state index contributed by atoms with van der Waals surface area (Å²) in [6.45, 7) is 1.96. The van der Waals surface area contributed by atoms with Crippen LogP contribution in [0.3, 0.4) is 0 Å². The lowest BCUT2D eigenvalue weighted by Gasteiger charge is -2.14. The summed E-state index contributed by atoms with van der Waals surface area (Å²) in [5, 5.41) is 2.80. The van der Waals surface area contributed by atoms with Crippen LogP contribution in [0.5, 0.6) is 0 Å². The van der Waals surface area contributed by atoms with E-state index in [0.29, 0.717) is 10.6 Å². The van der Waals surface area contributed by atoms with Crippen molar-refractivity contribution >= 4 is 32.9 Å². The molecular formula is C12H13N3O4S. The number of amidine groups is 1. The highest BCUT2D eigenvalue weighted by atomic mass is 32.2. The van der Waals surface area contributed by atoms with Crippen LogP contribution in [0.2, 0.25) is 0 Å². The summed E-state index contributed by atoms with van der Waals surface area (Å²) in [5.74, 6) is -0.310. The first-order valence-electron chi connectivity index (χ1n) is 5.89. The Hall–Kier alpha value is -2.09. The number of carbonyl (C=O) groups excluding carboxylic acids is 1. The topological polar surface area (TPSA) is 97.5 Å². The molecule has 0 saturated heterocycles. The zero-order valence-electron chi connectivity index (χ0n) is 11.0. The number of benzene rings is 1. The maximum atomic E-state index is 12.5. The Balaban J connectivity index is 2.43. The molecule has 0 bridgehead atoms. The molecule has 0 aliphatic carbocycles. The SMILES string of the molecule is CCOC(=O)CC1=Nc2ccc(N=O)cc2S(C)(=O)=N1. The summed E-state index contributed by atoms with van der Waals surface area (Å²) in [6, 6.07) is 4.41. The minimum atomic E-state index is -2.75. The Morgan fingerprint density at radius 2 is 2.20 bits per heavy atom. The van der Waals surface area contributed by atoms with Crippen LogP contribution in [0.4, 0.5) is 11.4 Å². The maximum absolute atomic E-state index is 12.5. The van der Waals surface area contributed by atoms with E-state index < -0.39 is 15.7 Å². The van der Waals surface area contributed by atoms with E-state index >= 15 is 0 Å². The van der Waals surface area contributed by atoms with Gasteiger partial charge in [-0.25, -0.2) is 9.20 Å². The van der Waals surface area contributed by atoms with Gasteiger partial charge in [0.2, 0.25) is 0 Å². The Bertz CT molecular complexity index is 717. The molecule has 0 spiro atoms. The van der Waals surface area contributed by atoms with Crippen molar-refractivity contribution in [1.29, 1.82) is 0 Å². The first-order valence-corrected chi connectivity index (χ1v) is 7.81. The number of nitroso groups, excluding NO2 is 1. The van der Waals surface area contributed by atoms with Gasteiger partial charge < -0.3 is 4.74 Å². The standard InChI is InChI=1S/C12H13N3O4S/c1-3-19-12(16)7-11-13-9-5-4-8(14-17)6-10(9)20(2,18)15-11/h4-6H,3,7H2,1-2H3. The Labute approximate surface area is 116 Å². The van der Waals surface area contributed by atoms with Gasteiger partial charge in [-0.15, -0.1) is 4.91 Å². The van der Waals surface area contributed by atoms with Gasteiger partial charge in [0.25, 0.3) is 0 Å². The second-order valence-corrected chi connectivity index (χ2v) is 6.37. The van der Waals surface area contributed by atoms with Crippen LogP contribution in [0.15, 0.2) is 37.6 Å². The molecule has 20 heavy (non-hydrogen) atoms. The van der Waals surface area contributed by atoms with Gasteiger partial charge in [0, 0.05) is 6.26 Å². The van der Waals surface area contributed by atoms with Crippen molar-refractivity contribution in [2.75, 3.05) is 12.9 Å². The fraction of sp³-hybridized carbons (Fsp3) is 0.333. The summed E-state index contributed by atoms with van der Waals surface area (Å²) >= 11 is 0. The van der Waals surface area contributed by atoms with Gasteiger partial charge >= 0.3 is 5.97 Å². The van der Waals surface area contributed by atoms with E-state index in [1.165, 1.54) is 24.5 Å². The Morgan fingerprint density at radius 1 is 1.45 bits per heavy atom. The van der Waals surface area contributed by atoms with Crippen molar-refractivity contribution < 1.29 is 13.7 Å². The maximum Gasteiger partial charge on any atom is 0.313 e. The number of aliphatic imine (C=N–C) groups is 1. The van der Waals surface area contributed by atoms with E-state index in [0.717, 1.165) is 0 Å². The van der Waals surface area contributed by atoms with Crippen LogP contribution in [-0.4, -0.2) is 28.9 Å². The van der Waals surface area contributed by atoms with Crippen LogP contribution in [0.25, 0.3) is 0 Å². The fourth-order valence-electron chi connectivity index (χ4n) is 1.78. The van der Waals surface area contributed by atoms with Gasteiger partial charge in [-0.1, -0.05) is 0 Å². The minimum Gasteiger partial charge on any atom is -0.466 e. The van der Waals surface area contributed by atoms with Crippen LogP contribution in [0.1, 0.15) is 13.3 Å². The summed E-state index contributed by atoms with van der Waals surface area (Å²) in [6.07, 6.45) is 1.30. The number of carbonyl (C=O) groups is 1. The minimum absolute atomic E-state index is 0.133. The van der Waals surface area contributed by atoms with Gasteiger partial charge in [-0.3, -0.25) is 4.79 Å². The number of ether oxygens (including phenoxy) is 1. The molecule has 1 atom stereocenters. The lowest BCUT2D eigenvalue weighted by atomic mass is 10.3. The van der Waals surface area contributed by atoms with E-state index in [9.17, 15) is 13.9 Å². The molecule has 0 aromatic heterocycles. The fourth-order valence-corrected chi connectivity index (χ4v) is 3.22. The van der Waals surface area contributed by atoms with Gasteiger partial charge in [-0.05, 0) is 30.3 Å². The number of nitrogens with zero attached hydrogens (tertiary/aromatic N) is 3. The third-order valence-electron chi connectivity index (χ3n) is 2.59. The number of rotatable bonds is 4. The molecule has 1 aromatic carbocycles. The van der Waals surface area contributed by atoms with Crippen LogP contribution in [-0.2, 0) is 19.3 Å². The van der Waals surface area contributed by atoms with Crippen LogP contribution < -0.4 is 0 Å². The molecule has 8 heteroatoms. The van der Waals surface area contributed by atoms with Crippen molar-refractivity contribution in [2.24, 2.45) is 14.5 Å².